The van der Waals surface area contributed by atoms with Crippen molar-refractivity contribution in [3.63, 3.8) is 0 Å². The topological polar surface area (TPSA) is 51.0 Å². The minimum atomic E-state index is 0.189. The van der Waals surface area contributed by atoms with Gasteiger partial charge in [-0.2, -0.15) is 0 Å². The standard InChI is InChI=1S/C27H31ClN4OS/c1-18-8-10-19(11-9-18)24-29-30-25(32(24)21-7-5-6-20(28)12-21)34-15-23(33)31-17-27(4)14-22(31)13-26(2,3)16-27/h5-12,22H,13-17H2,1-4H3. The molecule has 1 aromatic heterocycles. The molecule has 1 aliphatic carbocycles. The molecular weight excluding hydrogens is 464 g/mol. The van der Waals surface area contributed by atoms with Crippen molar-refractivity contribution in [3.05, 3.63) is 59.1 Å². The van der Waals surface area contributed by atoms with Crippen LogP contribution in [0.4, 0.5) is 0 Å². The number of fused-ring (bicyclic) bond motifs is 2. The van der Waals surface area contributed by atoms with E-state index in [2.05, 4.69) is 54.9 Å². The smallest absolute Gasteiger partial charge is 0.233 e. The molecule has 2 atom stereocenters. The molecule has 0 radical (unpaired) electrons. The maximum Gasteiger partial charge on any atom is 0.233 e. The molecule has 3 aromatic rings. The molecule has 2 heterocycles. The fraction of sp³-hybridized carbons (Fsp3) is 0.444. The van der Waals surface area contributed by atoms with Gasteiger partial charge in [0, 0.05) is 23.2 Å². The highest BCUT2D eigenvalue weighted by Gasteiger charge is 2.50. The molecule has 7 heteroatoms. The minimum Gasteiger partial charge on any atom is -0.338 e. The monoisotopic (exact) mass is 494 g/mol. The Bertz CT molecular complexity index is 1220. The SMILES string of the molecule is Cc1ccc(-c2nnc(SCC(=O)N3CC4(C)CC3CC(C)(C)C4)n2-c2cccc(Cl)c2)cc1. The highest BCUT2D eigenvalue weighted by molar-refractivity contribution is 7.99. The number of nitrogens with zero attached hydrogens (tertiary/aromatic N) is 4. The Kier molecular flexibility index (Phi) is 6.01. The zero-order valence-electron chi connectivity index (χ0n) is 20.2. The summed E-state index contributed by atoms with van der Waals surface area (Å²) in [5.74, 6) is 1.28. The molecule has 2 fully saturated rings. The third-order valence-corrected chi connectivity index (χ3v) is 8.22. The van der Waals surface area contributed by atoms with Gasteiger partial charge >= 0.3 is 0 Å². The summed E-state index contributed by atoms with van der Waals surface area (Å²) in [4.78, 5) is 15.5. The van der Waals surface area contributed by atoms with Gasteiger partial charge in [-0.3, -0.25) is 9.36 Å². The summed E-state index contributed by atoms with van der Waals surface area (Å²) in [5, 5.41) is 10.3. The molecule has 2 aliphatic rings. The van der Waals surface area contributed by atoms with Crippen molar-refractivity contribution in [3.8, 4) is 17.1 Å². The van der Waals surface area contributed by atoms with E-state index in [-0.39, 0.29) is 16.7 Å². The molecule has 2 bridgehead atoms. The van der Waals surface area contributed by atoms with Crippen LogP contribution in [-0.2, 0) is 4.79 Å². The van der Waals surface area contributed by atoms with Crippen molar-refractivity contribution in [2.24, 2.45) is 10.8 Å². The number of aryl methyl sites for hydroxylation is 1. The number of rotatable bonds is 5. The van der Waals surface area contributed by atoms with Gasteiger partial charge < -0.3 is 4.90 Å². The number of carbonyl (C=O) groups excluding carboxylic acids is 1. The normalized spacial score (nSPS) is 23.3. The van der Waals surface area contributed by atoms with E-state index in [0.29, 0.717) is 22.0 Å². The van der Waals surface area contributed by atoms with E-state index in [0.717, 1.165) is 36.5 Å². The molecule has 2 unspecified atom stereocenters. The van der Waals surface area contributed by atoms with Gasteiger partial charge in [0.2, 0.25) is 5.91 Å². The Morgan fingerprint density at radius 1 is 1.12 bits per heavy atom. The average Bonchev–Trinajstić information content (AvgIpc) is 3.29. The summed E-state index contributed by atoms with van der Waals surface area (Å²) in [6, 6.07) is 16.2. The number of benzene rings is 2. The van der Waals surface area contributed by atoms with Crippen molar-refractivity contribution in [2.75, 3.05) is 12.3 Å². The van der Waals surface area contributed by atoms with Gasteiger partial charge in [0.15, 0.2) is 11.0 Å². The zero-order valence-corrected chi connectivity index (χ0v) is 21.8. The Hall–Kier alpha value is -2.31. The molecule has 1 amide bonds. The zero-order chi connectivity index (χ0) is 24.1. The first kappa shape index (κ1) is 23.4. The van der Waals surface area contributed by atoms with Gasteiger partial charge in [-0.15, -0.1) is 10.2 Å². The van der Waals surface area contributed by atoms with Gasteiger partial charge in [0.1, 0.15) is 0 Å². The van der Waals surface area contributed by atoms with Gasteiger partial charge in [0.05, 0.1) is 11.4 Å². The summed E-state index contributed by atoms with van der Waals surface area (Å²) in [6.07, 6.45) is 3.37. The van der Waals surface area contributed by atoms with Crippen molar-refractivity contribution in [2.45, 2.75) is 58.2 Å². The fourth-order valence-electron chi connectivity index (χ4n) is 6.06. The van der Waals surface area contributed by atoms with Crippen LogP contribution in [0.2, 0.25) is 5.02 Å². The molecule has 5 rings (SSSR count). The van der Waals surface area contributed by atoms with E-state index in [1.165, 1.54) is 23.7 Å². The number of likely N-dealkylation sites (tertiary alicyclic amines) is 1. The molecule has 0 N–H and O–H groups in total. The minimum absolute atomic E-state index is 0.189. The van der Waals surface area contributed by atoms with Crippen LogP contribution in [0, 0.1) is 17.8 Å². The maximum absolute atomic E-state index is 13.4. The molecule has 1 saturated carbocycles. The predicted molar refractivity (Wildman–Crippen MR) is 139 cm³/mol. The lowest BCUT2D eigenvalue weighted by atomic mass is 9.65. The third-order valence-electron chi connectivity index (χ3n) is 7.07. The van der Waals surface area contributed by atoms with Crippen molar-refractivity contribution in [1.82, 2.24) is 19.7 Å². The second-order valence-corrected chi connectivity index (χ2v) is 12.4. The quantitative estimate of drug-likeness (QED) is 0.384. The first-order valence-corrected chi connectivity index (χ1v) is 13.2. The Morgan fingerprint density at radius 3 is 2.62 bits per heavy atom. The first-order valence-electron chi connectivity index (χ1n) is 11.8. The largest absolute Gasteiger partial charge is 0.338 e. The lowest BCUT2D eigenvalue weighted by Gasteiger charge is -2.39. The van der Waals surface area contributed by atoms with Gasteiger partial charge in [-0.25, -0.2) is 0 Å². The Labute approximate surface area is 210 Å². The van der Waals surface area contributed by atoms with Gasteiger partial charge in [-0.05, 0) is 55.2 Å². The van der Waals surface area contributed by atoms with Crippen LogP contribution in [0.25, 0.3) is 17.1 Å². The number of amides is 1. The van der Waals surface area contributed by atoms with E-state index in [4.69, 9.17) is 11.6 Å². The summed E-state index contributed by atoms with van der Waals surface area (Å²) in [7, 11) is 0. The highest BCUT2D eigenvalue weighted by Crippen LogP contribution is 2.52. The summed E-state index contributed by atoms with van der Waals surface area (Å²) in [5.41, 5.74) is 3.56. The fourth-order valence-corrected chi connectivity index (χ4v) is 7.08. The van der Waals surface area contributed by atoms with Crippen LogP contribution >= 0.6 is 23.4 Å². The highest BCUT2D eigenvalue weighted by atomic mass is 35.5. The first-order chi connectivity index (χ1) is 16.1. The van der Waals surface area contributed by atoms with E-state index in [1.807, 2.05) is 41.0 Å². The van der Waals surface area contributed by atoms with Crippen LogP contribution in [0.1, 0.15) is 45.6 Å². The van der Waals surface area contributed by atoms with Crippen molar-refractivity contribution >= 4 is 29.3 Å². The average molecular weight is 495 g/mol. The molecule has 1 aliphatic heterocycles. The van der Waals surface area contributed by atoms with Crippen molar-refractivity contribution < 1.29 is 4.79 Å². The predicted octanol–water partition coefficient (Wildman–Crippen LogP) is 6.42. The maximum atomic E-state index is 13.4. The Balaban J connectivity index is 1.41. The van der Waals surface area contributed by atoms with Gasteiger partial charge in [-0.1, -0.05) is 80.0 Å². The molecule has 0 spiro atoms. The Morgan fingerprint density at radius 2 is 1.88 bits per heavy atom. The van der Waals surface area contributed by atoms with E-state index in [1.54, 1.807) is 0 Å². The molecule has 34 heavy (non-hydrogen) atoms. The number of thioether (sulfide) groups is 1. The number of aromatic nitrogens is 3. The molecule has 5 nitrogen and oxygen atoms in total. The van der Waals surface area contributed by atoms with E-state index in [9.17, 15) is 4.79 Å². The summed E-state index contributed by atoms with van der Waals surface area (Å²) in [6.45, 7) is 9.93. The molecule has 2 aromatic carbocycles. The van der Waals surface area contributed by atoms with Gasteiger partial charge in [0.25, 0.3) is 0 Å². The van der Waals surface area contributed by atoms with Crippen molar-refractivity contribution in [1.29, 1.82) is 0 Å². The number of hydrogen-bond acceptors (Lipinski definition) is 4. The van der Waals surface area contributed by atoms with Crippen LogP contribution in [0.5, 0.6) is 0 Å². The molecule has 1 saturated heterocycles. The van der Waals surface area contributed by atoms with Crippen LogP contribution in [-0.4, -0.2) is 43.9 Å². The van der Waals surface area contributed by atoms with E-state index >= 15 is 0 Å². The third kappa shape index (κ3) is 4.63. The lowest BCUT2D eigenvalue weighted by molar-refractivity contribution is -0.129. The number of halogens is 1. The molecular formula is C27H31ClN4OS. The van der Waals surface area contributed by atoms with Crippen LogP contribution < -0.4 is 0 Å². The second kappa shape index (κ2) is 8.72. The number of hydrogen-bond donors (Lipinski definition) is 0. The van der Waals surface area contributed by atoms with Crippen LogP contribution in [0.15, 0.2) is 53.7 Å². The molecule has 178 valence electrons. The lowest BCUT2D eigenvalue weighted by Crippen LogP contribution is -2.38. The summed E-state index contributed by atoms with van der Waals surface area (Å²) < 4.78 is 2.00. The van der Waals surface area contributed by atoms with E-state index < -0.39 is 0 Å². The second-order valence-electron chi connectivity index (χ2n) is 11.0. The number of carbonyl (C=O) groups is 1. The van der Waals surface area contributed by atoms with Crippen LogP contribution in [0.3, 0.4) is 0 Å². The summed E-state index contributed by atoms with van der Waals surface area (Å²) >= 11 is 7.76.